The summed E-state index contributed by atoms with van der Waals surface area (Å²) in [6.45, 7) is 0.902. The third kappa shape index (κ3) is 4.03. The molecule has 1 aromatic heterocycles. The predicted octanol–water partition coefficient (Wildman–Crippen LogP) is -1.55. The number of hydrogen-bond acceptors (Lipinski definition) is 9. The molecule has 0 radical (unpaired) electrons. The van der Waals surface area contributed by atoms with Crippen LogP contribution in [0.4, 0.5) is 10.2 Å². The quantitative estimate of drug-likeness (QED) is 0.249. The molecule has 0 spiro atoms. The van der Waals surface area contributed by atoms with Crippen LogP contribution >= 0.6 is 8.10 Å². The molecule has 1 unspecified atom stereocenters. The lowest BCUT2D eigenvalue weighted by atomic mass is 9.95. The first kappa shape index (κ1) is 22.2. The standard InChI is InChI=1S/C13H19FN5O8P/c1-6(8(20)21)19(28(16)25)26-5-13(14)9(22)12(2,24)10(27-13)18-4-3-7(15)17-11(18)23/h3-4,6,9-10,22,24H,5H2,1-2H3,(H4-,15,16,17,20,21,23,25)/p+1/t6-,9-,10+,12+,13+/m0/s1. The largest absolute Gasteiger partial charge is 0.558 e. The summed E-state index contributed by atoms with van der Waals surface area (Å²) in [6, 6.07) is -0.326. The summed E-state index contributed by atoms with van der Waals surface area (Å²) in [5.41, 5.74) is 7.22. The molecule has 13 nitrogen and oxygen atoms in total. The maximum absolute atomic E-state index is 15.2. The number of carbonyl (C=O) groups is 1. The Labute approximate surface area is 158 Å². The molecule has 2 heterocycles. The number of aliphatic hydroxyl groups is 2. The van der Waals surface area contributed by atoms with Crippen molar-refractivity contribution in [3.63, 3.8) is 0 Å². The fraction of sp³-hybridized carbons (Fsp3) is 0.615. The third-order valence-electron chi connectivity index (χ3n) is 4.15. The number of nitrogen functional groups attached to an aromatic ring is 1. The summed E-state index contributed by atoms with van der Waals surface area (Å²) in [5.74, 6) is -4.70. The normalized spacial score (nSPS) is 31.8. The second kappa shape index (κ2) is 7.75. The number of aliphatic carboxylic acids is 1. The van der Waals surface area contributed by atoms with Gasteiger partial charge in [-0.2, -0.15) is 4.98 Å². The molecule has 1 aliphatic heterocycles. The molecule has 1 saturated heterocycles. The Morgan fingerprint density at radius 1 is 1.64 bits per heavy atom. The summed E-state index contributed by atoms with van der Waals surface area (Å²) < 4.78 is 32.4. The van der Waals surface area contributed by atoms with Gasteiger partial charge in [-0.3, -0.25) is 14.2 Å². The Hall–Kier alpha value is -2.06. The minimum Gasteiger partial charge on any atom is -0.480 e. The summed E-state index contributed by atoms with van der Waals surface area (Å²) in [4.78, 5) is 31.6. The van der Waals surface area contributed by atoms with Crippen LogP contribution in [0.3, 0.4) is 0 Å². The van der Waals surface area contributed by atoms with Crippen molar-refractivity contribution in [2.45, 2.75) is 43.7 Å². The third-order valence-corrected chi connectivity index (χ3v) is 5.00. The molecule has 0 bridgehead atoms. The molecule has 28 heavy (non-hydrogen) atoms. The predicted molar refractivity (Wildman–Crippen MR) is 90.2 cm³/mol. The zero-order valence-electron chi connectivity index (χ0n) is 14.8. The van der Waals surface area contributed by atoms with Gasteiger partial charge in [0.25, 0.3) is 5.85 Å². The SMILES string of the molecule is C[C@@H](C(=O)O)N(OC[C@@]1(F)O[C@@H](n2ccc(N)nc2=O)[C@](C)(O)[C@@H]1O)[P+](N)=O. The lowest BCUT2D eigenvalue weighted by molar-refractivity contribution is -0.253. The van der Waals surface area contributed by atoms with E-state index in [1.54, 1.807) is 0 Å². The molecule has 6 atom stereocenters. The van der Waals surface area contributed by atoms with E-state index < -0.39 is 56.2 Å². The molecule has 0 saturated carbocycles. The summed E-state index contributed by atoms with van der Waals surface area (Å²) in [6.07, 6.45) is -2.89. The molecule has 15 heteroatoms. The second-order valence-corrected chi connectivity index (χ2v) is 7.32. The molecule has 0 aliphatic carbocycles. The Balaban J connectivity index is 2.29. The second-order valence-electron chi connectivity index (χ2n) is 6.32. The number of carboxylic acids is 1. The number of rotatable bonds is 7. The zero-order valence-corrected chi connectivity index (χ0v) is 15.7. The fourth-order valence-electron chi connectivity index (χ4n) is 2.58. The molecule has 0 amide bonds. The minimum atomic E-state index is -3.11. The van der Waals surface area contributed by atoms with E-state index in [9.17, 15) is 24.4 Å². The lowest BCUT2D eigenvalue weighted by Crippen LogP contribution is -2.51. The van der Waals surface area contributed by atoms with E-state index in [2.05, 4.69) is 4.98 Å². The van der Waals surface area contributed by atoms with E-state index in [-0.39, 0.29) is 5.82 Å². The molecule has 0 aromatic carbocycles. The number of nitrogens with two attached hydrogens (primary N) is 2. The number of aromatic nitrogens is 2. The summed E-state index contributed by atoms with van der Waals surface area (Å²) in [5, 5.41) is 29.7. The van der Waals surface area contributed by atoms with Crippen LogP contribution in [-0.4, -0.2) is 65.9 Å². The number of ether oxygens (including phenoxy) is 1. The Kier molecular flexibility index (Phi) is 6.16. The molecule has 1 fully saturated rings. The number of alkyl halides is 1. The van der Waals surface area contributed by atoms with E-state index in [1.807, 2.05) is 0 Å². The van der Waals surface area contributed by atoms with Crippen LogP contribution in [0, 0.1) is 0 Å². The Bertz CT molecular complexity index is 837. The van der Waals surface area contributed by atoms with Crippen molar-refractivity contribution in [1.82, 2.24) is 14.4 Å². The van der Waals surface area contributed by atoms with Crippen LogP contribution in [0.2, 0.25) is 0 Å². The maximum atomic E-state index is 15.2. The van der Waals surface area contributed by atoms with E-state index in [1.165, 1.54) is 6.07 Å². The highest BCUT2D eigenvalue weighted by Crippen LogP contribution is 2.45. The van der Waals surface area contributed by atoms with Gasteiger partial charge in [-0.15, -0.1) is 5.50 Å². The van der Waals surface area contributed by atoms with E-state index in [0.29, 0.717) is 9.40 Å². The van der Waals surface area contributed by atoms with Gasteiger partial charge in [0.2, 0.25) is 0 Å². The van der Waals surface area contributed by atoms with E-state index in [0.717, 1.165) is 20.0 Å². The number of anilines is 1. The summed E-state index contributed by atoms with van der Waals surface area (Å²) >= 11 is 0. The van der Waals surface area contributed by atoms with E-state index >= 15 is 4.39 Å². The number of halogens is 1. The minimum absolute atomic E-state index is 0.126. The number of carboxylic acid groups (broad SMARTS) is 1. The molecule has 156 valence electrons. The maximum Gasteiger partial charge on any atom is 0.558 e. The molecular formula is C13H20FN5O8P+. The molecular weight excluding hydrogens is 404 g/mol. The van der Waals surface area contributed by atoms with Crippen LogP contribution in [0.5, 0.6) is 0 Å². The Morgan fingerprint density at radius 3 is 2.75 bits per heavy atom. The monoisotopic (exact) mass is 424 g/mol. The highest BCUT2D eigenvalue weighted by Gasteiger charge is 2.64. The Morgan fingerprint density at radius 2 is 2.25 bits per heavy atom. The molecule has 7 N–H and O–H groups in total. The van der Waals surface area contributed by atoms with Gasteiger partial charge < -0.3 is 25.8 Å². The van der Waals surface area contributed by atoms with Crippen molar-refractivity contribution in [3.8, 4) is 0 Å². The first-order chi connectivity index (χ1) is 12.8. The number of hydroxylamine groups is 1. The first-order valence-electron chi connectivity index (χ1n) is 7.80. The molecule has 1 aromatic rings. The number of nitrogens with zero attached hydrogens (tertiary/aromatic N) is 3. The number of hydrogen-bond donors (Lipinski definition) is 5. The van der Waals surface area contributed by atoms with Gasteiger partial charge in [0, 0.05) is 6.20 Å². The highest BCUT2D eigenvalue weighted by molar-refractivity contribution is 7.39. The van der Waals surface area contributed by atoms with Crippen LogP contribution < -0.4 is 16.9 Å². The van der Waals surface area contributed by atoms with Crippen molar-refractivity contribution < 1.29 is 38.6 Å². The average Bonchev–Trinajstić information content (AvgIpc) is 2.75. The van der Waals surface area contributed by atoms with Crippen molar-refractivity contribution in [2.75, 3.05) is 12.3 Å². The summed E-state index contributed by atoms with van der Waals surface area (Å²) in [7, 11) is -2.85. The van der Waals surface area contributed by atoms with Crippen molar-refractivity contribution in [2.24, 2.45) is 5.50 Å². The van der Waals surface area contributed by atoms with Gasteiger partial charge >= 0.3 is 19.8 Å². The molecule has 2 rings (SSSR count). The van der Waals surface area contributed by atoms with Gasteiger partial charge in [0.1, 0.15) is 24.1 Å². The number of aliphatic hydroxyl groups excluding tert-OH is 1. The first-order valence-corrected chi connectivity index (χ1v) is 9.08. The van der Waals surface area contributed by atoms with Crippen LogP contribution in [0.1, 0.15) is 20.1 Å². The highest BCUT2D eigenvalue weighted by atomic mass is 31.1. The van der Waals surface area contributed by atoms with Gasteiger partial charge in [-0.05, 0) is 24.5 Å². The van der Waals surface area contributed by atoms with Crippen molar-refractivity contribution >= 4 is 19.9 Å². The topological polar surface area (TPSA) is 203 Å². The van der Waals surface area contributed by atoms with Crippen LogP contribution in [0.25, 0.3) is 0 Å². The van der Waals surface area contributed by atoms with Gasteiger partial charge in [0.15, 0.2) is 12.3 Å². The van der Waals surface area contributed by atoms with Gasteiger partial charge in [0.05, 0.1) is 4.83 Å². The lowest BCUT2D eigenvalue weighted by Gasteiger charge is -2.27. The molecule has 1 aliphatic rings. The smallest absolute Gasteiger partial charge is 0.480 e. The van der Waals surface area contributed by atoms with Crippen molar-refractivity contribution in [3.05, 3.63) is 22.7 Å². The average molecular weight is 424 g/mol. The zero-order chi connectivity index (χ0) is 21.4. The fourth-order valence-corrected chi connectivity index (χ4v) is 3.20. The van der Waals surface area contributed by atoms with Crippen LogP contribution in [-0.2, 0) is 18.9 Å². The van der Waals surface area contributed by atoms with Gasteiger partial charge in [-0.1, -0.05) is 0 Å². The van der Waals surface area contributed by atoms with Crippen LogP contribution in [0.15, 0.2) is 17.1 Å². The van der Waals surface area contributed by atoms with E-state index in [4.69, 9.17) is 25.9 Å². The van der Waals surface area contributed by atoms with Crippen molar-refractivity contribution in [1.29, 1.82) is 0 Å². The van der Waals surface area contributed by atoms with Gasteiger partial charge in [-0.25, -0.2) is 9.18 Å².